The van der Waals surface area contributed by atoms with Gasteiger partial charge in [0.25, 0.3) is 5.91 Å². The Bertz CT molecular complexity index is 767. The van der Waals surface area contributed by atoms with Crippen molar-refractivity contribution < 1.29 is 36.5 Å². The number of carbonyl (C=O) groups excluding carboxylic acids is 3. The normalized spacial score (nSPS) is 29.7. The zero-order chi connectivity index (χ0) is 21.3. The second-order valence-electron chi connectivity index (χ2n) is 7.49. The van der Waals surface area contributed by atoms with E-state index in [2.05, 4.69) is 15.1 Å². The van der Waals surface area contributed by atoms with Gasteiger partial charge >= 0.3 is 16.4 Å². The standard InChI is InChI=1S/C15H25N5O8S/c1-18(2)14(22)11-5-4-10(7-16-11)27-17-13(21)12-6-3-9-8-19(12)15(23)20(9)28-29(24,25)26/h9-12,16H,3-8H2,1-2H3,(H,17,21)(H,24,25,26)/t9?,10?,11?,12-/m0/s1. The van der Waals surface area contributed by atoms with Crippen LogP contribution in [-0.4, -0.2) is 97.1 Å². The fourth-order valence-corrected chi connectivity index (χ4v) is 4.16. The number of fused-ring (bicyclic) bond motifs is 2. The molecule has 0 spiro atoms. The number of hydrogen-bond acceptors (Lipinski definition) is 8. The fraction of sp³-hybridized carbons (Fsp3) is 0.800. The van der Waals surface area contributed by atoms with Gasteiger partial charge in [0.15, 0.2) is 0 Å². The lowest BCUT2D eigenvalue weighted by atomic mass is 10.0. The lowest BCUT2D eigenvalue weighted by Gasteiger charge is -2.32. The predicted octanol–water partition coefficient (Wildman–Crippen LogP) is -1.75. The Morgan fingerprint density at radius 3 is 2.55 bits per heavy atom. The predicted molar refractivity (Wildman–Crippen MR) is 96.1 cm³/mol. The van der Waals surface area contributed by atoms with Crippen molar-refractivity contribution in [2.24, 2.45) is 0 Å². The smallest absolute Gasteiger partial charge is 0.347 e. The van der Waals surface area contributed by atoms with Crippen molar-refractivity contribution in [1.29, 1.82) is 0 Å². The first-order valence-corrected chi connectivity index (χ1v) is 10.6. The van der Waals surface area contributed by atoms with E-state index in [1.54, 1.807) is 14.1 Å². The summed E-state index contributed by atoms with van der Waals surface area (Å²) in [6.07, 6.45) is 1.43. The first kappa shape index (κ1) is 21.7. The summed E-state index contributed by atoms with van der Waals surface area (Å²) in [5.74, 6) is -0.551. The molecule has 0 aromatic heterocycles. The van der Waals surface area contributed by atoms with Gasteiger partial charge in [0.1, 0.15) is 6.04 Å². The summed E-state index contributed by atoms with van der Waals surface area (Å²) in [4.78, 5) is 44.9. The summed E-state index contributed by atoms with van der Waals surface area (Å²) in [5, 5.41) is 3.66. The average molecular weight is 435 g/mol. The summed E-state index contributed by atoms with van der Waals surface area (Å²) < 4.78 is 35.0. The molecule has 0 aliphatic carbocycles. The second kappa shape index (κ2) is 8.39. The number of urea groups is 1. The highest BCUT2D eigenvalue weighted by molar-refractivity contribution is 7.80. The van der Waals surface area contributed by atoms with Gasteiger partial charge in [-0.25, -0.2) is 10.3 Å². The van der Waals surface area contributed by atoms with Crippen LogP contribution in [0.15, 0.2) is 0 Å². The second-order valence-corrected chi connectivity index (χ2v) is 8.49. The monoisotopic (exact) mass is 435 g/mol. The summed E-state index contributed by atoms with van der Waals surface area (Å²) >= 11 is 0. The molecule has 3 fully saturated rings. The number of amides is 4. The van der Waals surface area contributed by atoms with Crippen molar-refractivity contribution in [3.8, 4) is 0 Å². The maximum Gasteiger partial charge on any atom is 0.418 e. The molecule has 13 nitrogen and oxygen atoms in total. The quantitative estimate of drug-likeness (QED) is 0.325. The molecule has 3 N–H and O–H groups in total. The zero-order valence-corrected chi connectivity index (χ0v) is 16.9. The molecule has 4 amide bonds. The molecular formula is C15H25N5O8S. The molecular weight excluding hydrogens is 410 g/mol. The minimum absolute atomic E-state index is 0.0199. The topological polar surface area (TPSA) is 158 Å². The minimum Gasteiger partial charge on any atom is -0.347 e. The number of nitrogens with one attached hydrogen (secondary N) is 2. The van der Waals surface area contributed by atoms with E-state index in [1.165, 1.54) is 9.80 Å². The Morgan fingerprint density at radius 1 is 1.24 bits per heavy atom. The Balaban J connectivity index is 1.49. The van der Waals surface area contributed by atoms with Crippen molar-refractivity contribution in [2.75, 3.05) is 27.2 Å². The highest BCUT2D eigenvalue weighted by Gasteiger charge is 2.49. The van der Waals surface area contributed by atoms with E-state index < -0.39 is 34.4 Å². The van der Waals surface area contributed by atoms with E-state index in [9.17, 15) is 22.8 Å². The average Bonchev–Trinajstić information content (AvgIpc) is 2.89. The molecule has 0 aromatic carbocycles. The van der Waals surface area contributed by atoms with Crippen LogP contribution >= 0.6 is 0 Å². The molecule has 14 heteroatoms. The van der Waals surface area contributed by atoms with E-state index in [4.69, 9.17) is 9.39 Å². The lowest BCUT2D eigenvalue weighted by molar-refractivity contribution is -0.146. The van der Waals surface area contributed by atoms with E-state index >= 15 is 0 Å². The van der Waals surface area contributed by atoms with Crippen molar-refractivity contribution in [2.45, 2.75) is 49.9 Å². The Morgan fingerprint density at radius 2 is 1.97 bits per heavy atom. The van der Waals surface area contributed by atoms with Crippen LogP contribution in [0.3, 0.4) is 0 Å². The number of likely N-dealkylation sites (N-methyl/N-ethyl adjacent to an activating group) is 1. The van der Waals surface area contributed by atoms with Crippen LogP contribution < -0.4 is 10.8 Å². The maximum absolute atomic E-state index is 12.5. The third-order valence-corrected chi connectivity index (χ3v) is 5.58. The van der Waals surface area contributed by atoms with Gasteiger partial charge in [-0.2, -0.15) is 13.5 Å². The van der Waals surface area contributed by atoms with Crippen molar-refractivity contribution in [1.82, 2.24) is 25.7 Å². The molecule has 2 bridgehead atoms. The van der Waals surface area contributed by atoms with E-state index in [-0.39, 0.29) is 24.6 Å². The number of hydrogen-bond donors (Lipinski definition) is 3. The van der Waals surface area contributed by atoms with Crippen LogP contribution in [0.5, 0.6) is 0 Å². The SMILES string of the molecule is CN(C)C(=O)C1CCC(ONC(=O)[C@@H]2CCC3CN2C(=O)N3OS(=O)(=O)O)CN1. The van der Waals surface area contributed by atoms with Crippen molar-refractivity contribution in [3.05, 3.63) is 0 Å². The molecule has 0 radical (unpaired) electrons. The molecule has 3 aliphatic rings. The molecule has 3 rings (SSSR count). The largest absolute Gasteiger partial charge is 0.418 e. The first-order chi connectivity index (χ1) is 13.6. The molecule has 3 unspecified atom stereocenters. The molecule has 3 saturated heterocycles. The molecule has 3 aliphatic heterocycles. The number of rotatable bonds is 6. The molecule has 0 saturated carbocycles. The number of nitrogens with zero attached hydrogens (tertiary/aromatic N) is 3. The highest BCUT2D eigenvalue weighted by atomic mass is 32.3. The molecule has 164 valence electrons. The summed E-state index contributed by atoms with van der Waals surface area (Å²) in [6.45, 7) is 0.488. The zero-order valence-electron chi connectivity index (χ0n) is 16.1. The lowest BCUT2D eigenvalue weighted by Crippen LogP contribution is -2.53. The highest BCUT2D eigenvalue weighted by Crippen LogP contribution is 2.30. The number of carbonyl (C=O) groups is 3. The van der Waals surface area contributed by atoms with Gasteiger partial charge < -0.3 is 15.1 Å². The van der Waals surface area contributed by atoms with Gasteiger partial charge in [0.05, 0.1) is 18.2 Å². The third-order valence-electron chi connectivity index (χ3n) is 5.23. The van der Waals surface area contributed by atoms with Crippen LogP contribution in [0.2, 0.25) is 0 Å². The van der Waals surface area contributed by atoms with Gasteiger partial charge in [0.2, 0.25) is 5.91 Å². The fourth-order valence-electron chi connectivity index (χ4n) is 3.77. The minimum atomic E-state index is -4.84. The summed E-state index contributed by atoms with van der Waals surface area (Å²) in [6, 6.07) is -2.50. The van der Waals surface area contributed by atoms with Crippen molar-refractivity contribution >= 4 is 28.2 Å². The maximum atomic E-state index is 12.5. The van der Waals surface area contributed by atoms with E-state index in [0.29, 0.717) is 37.3 Å². The number of hydroxylamine groups is 3. The summed E-state index contributed by atoms with van der Waals surface area (Å²) in [5.41, 5.74) is 2.36. The van der Waals surface area contributed by atoms with Crippen LogP contribution in [0.4, 0.5) is 4.79 Å². The van der Waals surface area contributed by atoms with Crippen LogP contribution in [0.25, 0.3) is 0 Å². The van der Waals surface area contributed by atoms with Gasteiger partial charge in [-0.15, -0.1) is 4.28 Å². The Kier molecular flexibility index (Phi) is 6.28. The third kappa shape index (κ3) is 4.95. The molecule has 3 heterocycles. The van der Waals surface area contributed by atoms with Gasteiger partial charge in [-0.1, -0.05) is 0 Å². The van der Waals surface area contributed by atoms with Crippen molar-refractivity contribution in [3.63, 3.8) is 0 Å². The van der Waals surface area contributed by atoms with Crippen LogP contribution in [-0.2, 0) is 29.1 Å². The molecule has 4 atom stereocenters. The van der Waals surface area contributed by atoms with E-state index in [0.717, 1.165) is 0 Å². The van der Waals surface area contributed by atoms with Gasteiger partial charge in [-0.3, -0.25) is 19.0 Å². The van der Waals surface area contributed by atoms with Crippen LogP contribution in [0, 0.1) is 0 Å². The number of piperidine rings is 2. The Labute approximate surface area is 168 Å². The van der Waals surface area contributed by atoms with Gasteiger partial charge in [-0.05, 0) is 25.7 Å². The molecule has 29 heavy (non-hydrogen) atoms. The Hall–Kier alpha value is -2.00. The van der Waals surface area contributed by atoms with E-state index in [1.807, 2.05) is 0 Å². The molecule has 0 aromatic rings. The van der Waals surface area contributed by atoms with Gasteiger partial charge in [0, 0.05) is 27.2 Å². The summed E-state index contributed by atoms with van der Waals surface area (Å²) in [7, 11) is -1.47. The van der Waals surface area contributed by atoms with Crippen LogP contribution in [0.1, 0.15) is 25.7 Å². The first-order valence-electron chi connectivity index (χ1n) is 9.23.